The topological polar surface area (TPSA) is 32.3 Å². The quantitative estimate of drug-likeness (QED) is 0.850. The van der Waals surface area contributed by atoms with Gasteiger partial charge in [-0.15, -0.1) is 11.3 Å². The summed E-state index contributed by atoms with van der Waals surface area (Å²) in [5, 5.41) is 16.2. The molecular weight excluding hydrogens is 238 g/mol. The van der Waals surface area contributed by atoms with Crippen molar-refractivity contribution in [2.75, 3.05) is 12.8 Å². The molecule has 1 aliphatic rings. The molecule has 3 unspecified atom stereocenters. The van der Waals surface area contributed by atoms with Gasteiger partial charge in [-0.1, -0.05) is 6.07 Å². The predicted octanol–water partition coefficient (Wildman–Crippen LogP) is 2.66. The van der Waals surface area contributed by atoms with E-state index in [2.05, 4.69) is 11.6 Å². The van der Waals surface area contributed by atoms with E-state index >= 15 is 0 Å². The molecule has 1 fully saturated rings. The van der Waals surface area contributed by atoms with Gasteiger partial charge in [0, 0.05) is 22.7 Å². The van der Waals surface area contributed by atoms with E-state index in [-0.39, 0.29) is 6.10 Å². The molecule has 90 valence electrons. The summed E-state index contributed by atoms with van der Waals surface area (Å²) >= 11 is 3.59. The Morgan fingerprint density at radius 1 is 1.62 bits per heavy atom. The summed E-state index contributed by atoms with van der Waals surface area (Å²) in [7, 11) is 0. The Morgan fingerprint density at radius 3 is 3.12 bits per heavy atom. The first-order chi connectivity index (χ1) is 7.79. The van der Waals surface area contributed by atoms with E-state index in [4.69, 9.17) is 0 Å². The Bertz CT molecular complexity index is 302. The second kappa shape index (κ2) is 6.05. The summed E-state index contributed by atoms with van der Waals surface area (Å²) in [6.07, 6.45) is 5.66. The molecule has 0 aliphatic heterocycles. The Hall–Kier alpha value is -0.0300. The van der Waals surface area contributed by atoms with Gasteiger partial charge in [0.15, 0.2) is 0 Å². The zero-order chi connectivity index (χ0) is 11.4. The molecule has 3 atom stereocenters. The molecule has 0 amide bonds. The van der Waals surface area contributed by atoms with Crippen molar-refractivity contribution in [3.8, 4) is 0 Å². The standard InChI is InChI=1S/C12H19NOS2/c1-15-10-5-4-9(7-10)13-8-11(14)12-3-2-6-16-12/h2-3,6,9-11,13-14H,4-5,7-8H2,1H3. The van der Waals surface area contributed by atoms with Crippen LogP contribution in [0.25, 0.3) is 0 Å². The van der Waals surface area contributed by atoms with Gasteiger partial charge in [-0.25, -0.2) is 0 Å². The van der Waals surface area contributed by atoms with Gasteiger partial charge in [0.25, 0.3) is 0 Å². The molecule has 0 saturated heterocycles. The highest BCUT2D eigenvalue weighted by Gasteiger charge is 2.24. The van der Waals surface area contributed by atoms with E-state index in [1.54, 1.807) is 11.3 Å². The van der Waals surface area contributed by atoms with Crippen molar-refractivity contribution in [3.63, 3.8) is 0 Å². The number of nitrogens with one attached hydrogen (secondary N) is 1. The first-order valence-electron chi connectivity index (χ1n) is 5.77. The lowest BCUT2D eigenvalue weighted by Gasteiger charge is -2.15. The molecule has 1 saturated carbocycles. The van der Waals surface area contributed by atoms with Crippen LogP contribution in [0.3, 0.4) is 0 Å². The van der Waals surface area contributed by atoms with Gasteiger partial charge < -0.3 is 10.4 Å². The normalized spacial score (nSPS) is 27.1. The van der Waals surface area contributed by atoms with Crippen LogP contribution >= 0.6 is 23.1 Å². The van der Waals surface area contributed by atoms with Crippen LogP contribution in [0.5, 0.6) is 0 Å². The lowest BCUT2D eigenvalue weighted by Crippen LogP contribution is -2.30. The molecule has 1 aromatic heterocycles. The summed E-state index contributed by atoms with van der Waals surface area (Å²) in [6, 6.07) is 4.59. The molecule has 1 aromatic rings. The largest absolute Gasteiger partial charge is 0.386 e. The van der Waals surface area contributed by atoms with E-state index in [1.807, 2.05) is 29.3 Å². The fourth-order valence-electron chi connectivity index (χ4n) is 2.20. The fraction of sp³-hybridized carbons (Fsp3) is 0.667. The highest BCUT2D eigenvalue weighted by molar-refractivity contribution is 7.99. The first kappa shape index (κ1) is 12.4. The summed E-state index contributed by atoms with van der Waals surface area (Å²) < 4.78 is 0. The monoisotopic (exact) mass is 257 g/mol. The minimum absolute atomic E-state index is 0.340. The summed E-state index contributed by atoms with van der Waals surface area (Å²) in [5.41, 5.74) is 0. The van der Waals surface area contributed by atoms with E-state index in [0.29, 0.717) is 12.6 Å². The molecular formula is C12H19NOS2. The minimum atomic E-state index is -0.340. The molecule has 0 spiro atoms. The zero-order valence-corrected chi connectivity index (χ0v) is 11.2. The highest BCUT2D eigenvalue weighted by atomic mass is 32.2. The van der Waals surface area contributed by atoms with Gasteiger partial charge in [0.05, 0.1) is 0 Å². The van der Waals surface area contributed by atoms with E-state index < -0.39 is 0 Å². The Morgan fingerprint density at radius 2 is 2.50 bits per heavy atom. The molecule has 2 nitrogen and oxygen atoms in total. The molecule has 0 bridgehead atoms. The maximum atomic E-state index is 9.94. The van der Waals surface area contributed by atoms with Crippen molar-refractivity contribution < 1.29 is 5.11 Å². The van der Waals surface area contributed by atoms with Crippen LogP contribution in [0, 0.1) is 0 Å². The van der Waals surface area contributed by atoms with Crippen LogP contribution in [-0.4, -0.2) is 29.2 Å². The number of aliphatic hydroxyl groups excluding tert-OH is 1. The van der Waals surface area contributed by atoms with E-state index in [9.17, 15) is 5.11 Å². The average molecular weight is 257 g/mol. The predicted molar refractivity (Wildman–Crippen MR) is 72.2 cm³/mol. The Balaban J connectivity index is 1.72. The fourth-order valence-corrected chi connectivity index (χ4v) is 3.71. The number of rotatable bonds is 5. The molecule has 0 aromatic carbocycles. The SMILES string of the molecule is CSC1CCC(NCC(O)c2cccs2)C1. The number of hydrogen-bond donors (Lipinski definition) is 2. The summed E-state index contributed by atoms with van der Waals surface area (Å²) in [6.45, 7) is 0.687. The third-order valence-corrected chi connectivity index (χ3v) is 5.26. The summed E-state index contributed by atoms with van der Waals surface area (Å²) in [4.78, 5) is 1.06. The van der Waals surface area contributed by atoms with Crippen LogP contribution in [0.15, 0.2) is 17.5 Å². The lowest BCUT2D eigenvalue weighted by molar-refractivity contribution is 0.173. The van der Waals surface area contributed by atoms with Crippen LogP contribution in [-0.2, 0) is 0 Å². The summed E-state index contributed by atoms with van der Waals surface area (Å²) in [5.74, 6) is 0. The van der Waals surface area contributed by atoms with Crippen molar-refractivity contribution >= 4 is 23.1 Å². The maximum Gasteiger partial charge on any atom is 0.101 e. The van der Waals surface area contributed by atoms with Crippen molar-refractivity contribution in [2.45, 2.75) is 36.7 Å². The first-order valence-corrected chi connectivity index (χ1v) is 7.94. The van der Waals surface area contributed by atoms with Gasteiger partial charge in [-0.05, 0) is 37.0 Å². The Kier molecular flexibility index (Phi) is 4.70. The van der Waals surface area contributed by atoms with Gasteiger partial charge in [0.1, 0.15) is 6.10 Å². The maximum absolute atomic E-state index is 9.94. The average Bonchev–Trinajstić information content (AvgIpc) is 2.96. The molecule has 4 heteroatoms. The van der Waals surface area contributed by atoms with Gasteiger partial charge in [-0.3, -0.25) is 0 Å². The number of thioether (sulfide) groups is 1. The van der Waals surface area contributed by atoms with Gasteiger partial charge >= 0.3 is 0 Å². The molecule has 2 N–H and O–H groups in total. The minimum Gasteiger partial charge on any atom is -0.386 e. The molecule has 2 rings (SSSR count). The van der Waals surface area contributed by atoms with Crippen LogP contribution in [0.4, 0.5) is 0 Å². The molecule has 1 aliphatic carbocycles. The lowest BCUT2D eigenvalue weighted by atomic mass is 10.2. The third kappa shape index (κ3) is 3.23. The number of hydrogen-bond acceptors (Lipinski definition) is 4. The zero-order valence-electron chi connectivity index (χ0n) is 9.56. The van der Waals surface area contributed by atoms with Crippen molar-refractivity contribution in [1.82, 2.24) is 5.32 Å². The molecule has 0 radical (unpaired) electrons. The van der Waals surface area contributed by atoms with Crippen molar-refractivity contribution in [2.24, 2.45) is 0 Å². The van der Waals surface area contributed by atoms with Crippen LogP contribution in [0.2, 0.25) is 0 Å². The number of aliphatic hydroxyl groups is 1. The second-order valence-electron chi connectivity index (χ2n) is 4.31. The number of thiophene rings is 1. The van der Waals surface area contributed by atoms with E-state index in [0.717, 1.165) is 10.1 Å². The van der Waals surface area contributed by atoms with Gasteiger partial charge in [-0.2, -0.15) is 11.8 Å². The smallest absolute Gasteiger partial charge is 0.101 e. The van der Waals surface area contributed by atoms with Crippen molar-refractivity contribution in [3.05, 3.63) is 22.4 Å². The van der Waals surface area contributed by atoms with Crippen molar-refractivity contribution in [1.29, 1.82) is 0 Å². The van der Waals surface area contributed by atoms with E-state index in [1.165, 1.54) is 19.3 Å². The van der Waals surface area contributed by atoms with Gasteiger partial charge in [0.2, 0.25) is 0 Å². The Labute approximate surface area is 105 Å². The van der Waals surface area contributed by atoms with Crippen LogP contribution in [0.1, 0.15) is 30.2 Å². The van der Waals surface area contributed by atoms with Crippen LogP contribution < -0.4 is 5.32 Å². The second-order valence-corrected chi connectivity index (χ2v) is 6.42. The highest BCUT2D eigenvalue weighted by Crippen LogP contribution is 2.28. The molecule has 16 heavy (non-hydrogen) atoms. The molecule has 1 heterocycles. The third-order valence-electron chi connectivity index (χ3n) is 3.19.